The van der Waals surface area contributed by atoms with Crippen LogP contribution in [0.3, 0.4) is 0 Å². The summed E-state index contributed by atoms with van der Waals surface area (Å²) in [6.45, 7) is 8.41. The van der Waals surface area contributed by atoms with Gasteiger partial charge < -0.3 is 5.32 Å². The number of rotatable bonds is 3. The third-order valence-electron chi connectivity index (χ3n) is 3.86. The van der Waals surface area contributed by atoms with Crippen molar-refractivity contribution in [3.63, 3.8) is 0 Å². The maximum atomic E-state index is 4.36. The third kappa shape index (κ3) is 2.46. The number of nitrogens with one attached hydrogen (secondary N) is 1. The van der Waals surface area contributed by atoms with Gasteiger partial charge in [0.2, 0.25) is 0 Å². The summed E-state index contributed by atoms with van der Waals surface area (Å²) >= 11 is 0. The molecule has 2 heterocycles. The Balaban J connectivity index is 1.98. The predicted octanol–water partition coefficient (Wildman–Crippen LogP) is 3.22. The van der Waals surface area contributed by atoms with Crippen LogP contribution in [0.5, 0.6) is 0 Å². The van der Waals surface area contributed by atoms with Gasteiger partial charge in [-0.1, -0.05) is 18.2 Å². The molecule has 0 aliphatic rings. The fourth-order valence-electron chi connectivity index (χ4n) is 2.58. The first kappa shape index (κ1) is 13.5. The molecule has 5 heteroatoms. The molecule has 1 atom stereocenters. The molecule has 108 valence electrons. The molecule has 0 spiro atoms. The summed E-state index contributed by atoms with van der Waals surface area (Å²) in [5.41, 5.74) is 4.83. The molecule has 0 fully saturated rings. The van der Waals surface area contributed by atoms with E-state index in [0.29, 0.717) is 5.78 Å². The van der Waals surface area contributed by atoms with Crippen molar-refractivity contribution in [1.29, 1.82) is 0 Å². The van der Waals surface area contributed by atoms with Gasteiger partial charge in [0.15, 0.2) is 0 Å². The van der Waals surface area contributed by atoms with Crippen molar-refractivity contribution in [2.75, 3.05) is 5.32 Å². The summed E-state index contributed by atoms with van der Waals surface area (Å²) in [6, 6.07) is 8.56. The molecule has 21 heavy (non-hydrogen) atoms. The lowest BCUT2D eigenvalue weighted by atomic mass is 9.98. The third-order valence-corrected chi connectivity index (χ3v) is 3.86. The number of aryl methyl sites for hydroxylation is 2. The first-order chi connectivity index (χ1) is 10.1. The fraction of sp³-hybridized carbons (Fsp3) is 0.312. The standard InChI is InChI=1S/C16H19N5/c1-10-6-5-7-14(12(10)3)13(4)20-15-8-11(2)19-16-17-9-18-21(15)16/h5-9,13,20H,1-4H3. The Morgan fingerprint density at radius 1 is 1.19 bits per heavy atom. The van der Waals surface area contributed by atoms with E-state index in [1.165, 1.54) is 23.0 Å². The molecule has 0 saturated carbocycles. The molecule has 2 aromatic heterocycles. The van der Waals surface area contributed by atoms with E-state index in [0.717, 1.165) is 11.5 Å². The van der Waals surface area contributed by atoms with Crippen LogP contribution in [0.15, 0.2) is 30.6 Å². The second kappa shape index (κ2) is 5.16. The molecule has 0 aliphatic carbocycles. The Bertz CT molecular complexity index is 790. The lowest BCUT2D eigenvalue weighted by Crippen LogP contribution is -2.12. The summed E-state index contributed by atoms with van der Waals surface area (Å²) in [6.07, 6.45) is 1.52. The molecule has 0 aliphatic heterocycles. The number of benzene rings is 1. The minimum absolute atomic E-state index is 0.180. The van der Waals surface area contributed by atoms with Crippen LogP contribution in [0.2, 0.25) is 0 Å². The maximum absolute atomic E-state index is 4.36. The van der Waals surface area contributed by atoms with Crippen molar-refractivity contribution in [2.24, 2.45) is 0 Å². The Morgan fingerprint density at radius 2 is 2.00 bits per heavy atom. The number of anilines is 1. The van der Waals surface area contributed by atoms with E-state index < -0.39 is 0 Å². The normalized spacial score (nSPS) is 12.6. The smallest absolute Gasteiger partial charge is 0.254 e. The highest BCUT2D eigenvalue weighted by molar-refractivity contribution is 5.47. The summed E-state index contributed by atoms with van der Waals surface area (Å²) in [7, 11) is 0. The molecule has 1 N–H and O–H groups in total. The molecule has 0 saturated heterocycles. The Labute approximate surface area is 124 Å². The number of hydrogen-bond donors (Lipinski definition) is 1. The average Bonchev–Trinajstić information content (AvgIpc) is 2.90. The van der Waals surface area contributed by atoms with Gasteiger partial charge in [0.1, 0.15) is 12.1 Å². The number of nitrogens with zero attached hydrogens (tertiary/aromatic N) is 4. The number of fused-ring (bicyclic) bond motifs is 1. The number of aromatic nitrogens is 4. The highest BCUT2D eigenvalue weighted by Crippen LogP contribution is 2.24. The van der Waals surface area contributed by atoms with Gasteiger partial charge in [0, 0.05) is 11.8 Å². The van der Waals surface area contributed by atoms with Crippen LogP contribution >= 0.6 is 0 Å². The van der Waals surface area contributed by atoms with Crippen LogP contribution < -0.4 is 5.32 Å². The molecule has 0 radical (unpaired) electrons. The molecule has 5 nitrogen and oxygen atoms in total. The van der Waals surface area contributed by atoms with Crippen LogP contribution in [-0.2, 0) is 0 Å². The molecule has 0 amide bonds. The van der Waals surface area contributed by atoms with E-state index in [1.807, 2.05) is 13.0 Å². The molecular formula is C16H19N5. The molecule has 1 unspecified atom stereocenters. The van der Waals surface area contributed by atoms with E-state index in [4.69, 9.17) is 0 Å². The second-order valence-electron chi connectivity index (χ2n) is 5.41. The fourth-order valence-corrected chi connectivity index (χ4v) is 2.58. The van der Waals surface area contributed by atoms with Gasteiger partial charge in [-0.2, -0.15) is 14.6 Å². The lowest BCUT2D eigenvalue weighted by molar-refractivity contribution is 0.830. The van der Waals surface area contributed by atoms with Gasteiger partial charge in [-0.25, -0.2) is 4.98 Å². The largest absolute Gasteiger partial charge is 0.363 e. The molecule has 0 bridgehead atoms. The molecule has 3 rings (SSSR count). The minimum atomic E-state index is 0.180. The van der Waals surface area contributed by atoms with Crippen molar-refractivity contribution in [3.8, 4) is 0 Å². The van der Waals surface area contributed by atoms with Crippen LogP contribution in [-0.4, -0.2) is 19.6 Å². The molecule has 3 aromatic rings. The lowest BCUT2D eigenvalue weighted by Gasteiger charge is -2.19. The number of hydrogen-bond acceptors (Lipinski definition) is 4. The first-order valence-electron chi connectivity index (χ1n) is 7.06. The quantitative estimate of drug-likeness (QED) is 0.801. The summed E-state index contributed by atoms with van der Waals surface area (Å²) in [5, 5.41) is 7.74. The zero-order chi connectivity index (χ0) is 15.0. The summed E-state index contributed by atoms with van der Waals surface area (Å²) in [5.74, 6) is 1.52. The van der Waals surface area contributed by atoms with Crippen molar-refractivity contribution in [3.05, 3.63) is 53.0 Å². The minimum Gasteiger partial charge on any atom is -0.363 e. The van der Waals surface area contributed by atoms with Crippen LogP contribution in [0.25, 0.3) is 5.78 Å². The Kier molecular flexibility index (Phi) is 3.33. The first-order valence-corrected chi connectivity index (χ1v) is 7.06. The topological polar surface area (TPSA) is 55.1 Å². The van der Waals surface area contributed by atoms with E-state index in [2.05, 4.69) is 59.4 Å². The van der Waals surface area contributed by atoms with Gasteiger partial charge in [-0.05, 0) is 44.4 Å². The van der Waals surface area contributed by atoms with Crippen molar-refractivity contribution in [2.45, 2.75) is 33.7 Å². The van der Waals surface area contributed by atoms with Crippen LogP contribution in [0.4, 0.5) is 5.82 Å². The zero-order valence-electron chi connectivity index (χ0n) is 12.8. The Morgan fingerprint density at radius 3 is 2.81 bits per heavy atom. The van der Waals surface area contributed by atoms with Crippen molar-refractivity contribution >= 4 is 11.6 Å². The highest BCUT2D eigenvalue weighted by atomic mass is 15.4. The van der Waals surface area contributed by atoms with Gasteiger partial charge >= 0.3 is 0 Å². The van der Waals surface area contributed by atoms with Gasteiger partial charge in [-0.3, -0.25) is 0 Å². The van der Waals surface area contributed by atoms with Crippen molar-refractivity contribution in [1.82, 2.24) is 19.6 Å². The molecular weight excluding hydrogens is 262 g/mol. The second-order valence-corrected chi connectivity index (χ2v) is 5.41. The van der Waals surface area contributed by atoms with E-state index in [-0.39, 0.29) is 6.04 Å². The maximum Gasteiger partial charge on any atom is 0.254 e. The van der Waals surface area contributed by atoms with Gasteiger partial charge in [-0.15, -0.1) is 0 Å². The van der Waals surface area contributed by atoms with Gasteiger partial charge in [0.25, 0.3) is 5.78 Å². The van der Waals surface area contributed by atoms with E-state index >= 15 is 0 Å². The summed E-state index contributed by atoms with van der Waals surface area (Å²) < 4.78 is 1.73. The SMILES string of the molecule is Cc1cc(NC(C)c2cccc(C)c2C)n2ncnc2n1. The summed E-state index contributed by atoms with van der Waals surface area (Å²) in [4.78, 5) is 8.51. The molecule has 1 aromatic carbocycles. The monoisotopic (exact) mass is 281 g/mol. The van der Waals surface area contributed by atoms with Crippen LogP contribution in [0.1, 0.15) is 35.3 Å². The van der Waals surface area contributed by atoms with Crippen molar-refractivity contribution < 1.29 is 0 Å². The Hall–Kier alpha value is -2.43. The van der Waals surface area contributed by atoms with Crippen LogP contribution in [0, 0.1) is 20.8 Å². The van der Waals surface area contributed by atoms with Gasteiger partial charge in [0.05, 0.1) is 6.04 Å². The predicted molar refractivity (Wildman–Crippen MR) is 83.5 cm³/mol. The van der Waals surface area contributed by atoms with E-state index in [9.17, 15) is 0 Å². The highest BCUT2D eigenvalue weighted by Gasteiger charge is 2.12. The van der Waals surface area contributed by atoms with E-state index in [1.54, 1.807) is 4.52 Å². The average molecular weight is 281 g/mol. The zero-order valence-corrected chi connectivity index (χ0v) is 12.8.